The first-order chi connectivity index (χ1) is 9.47. The summed E-state index contributed by atoms with van der Waals surface area (Å²) in [4.78, 5) is 0. The number of benzene rings is 1. The highest BCUT2D eigenvalue weighted by Gasteiger charge is 2.20. The van der Waals surface area contributed by atoms with Crippen LogP contribution in [0.2, 0.25) is 0 Å². The largest absolute Gasteiger partial charge is 0.280 e. The Morgan fingerprint density at radius 2 is 2.15 bits per heavy atom. The van der Waals surface area contributed by atoms with Gasteiger partial charge in [0.1, 0.15) is 0 Å². The molecule has 0 amide bonds. The van der Waals surface area contributed by atoms with E-state index in [9.17, 15) is 8.42 Å². The van der Waals surface area contributed by atoms with Gasteiger partial charge in [0, 0.05) is 16.9 Å². The number of fused-ring (bicyclic) bond motifs is 1. The Balaban J connectivity index is 2.05. The number of hydrogen-bond donors (Lipinski definition) is 1. The zero-order valence-electron chi connectivity index (χ0n) is 10.2. The molecule has 0 spiro atoms. The van der Waals surface area contributed by atoms with Crippen LogP contribution in [0.15, 0.2) is 40.0 Å². The van der Waals surface area contributed by atoms with Crippen molar-refractivity contribution in [1.29, 1.82) is 0 Å². The molecule has 0 radical (unpaired) electrons. The van der Waals surface area contributed by atoms with E-state index in [1.807, 2.05) is 18.2 Å². The van der Waals surface area contributed by atoms with Crippen molar-refractivity contribution in [3.63, 3.8) is 0 Å². The minimum atomic E-state index is -3.70. The number of sulfonamides is 1. The fourth-order valence-electron chi connectivity index (χ4n) is 1.79. The van der Waals surface area contributed by atoms with Crippen molar-refractivity contribution in [3.8, 4) is 0 Å². The Morgan fingerprint density at radius 3 is 2.85 bits per heavy atom. The van der Waals surface area contributed by atoms with Gasteiger partial charge in [-0.1, -0.05) is 15.9 Å². The molecular weight excluding hydrogens is 364 g/mol. The van der Waals surface area contributed by atoms with E-state index in [1.165, 1.54) is 28.5 Å². The molecule has 20 heavy (non-hydrogen) atoms. The average Bonchev–Trinajstić information content (AvgIpc) is 2.96. The van der Waals surface area contributed by atoms with Gasteiger partial charge >= 0.3 is 0 Å². The summed E-state index contributed by atoms with van der Waals surface area (Å²) < 4.78 is 34.3. The Kier molecular flexibility index (Phi) is 3.27. The summed E-state index contributed by atoms with van der Waals surface area (Å²) >= 11 is 4.61. The van der Waals surface area contributed by atoms with Crippen LogP contribution < -0.4 is 4.72 Å². The summed E-state index contributed by atoms with van der Waals surface area (Å²) in [6.45, 7) is 0. The Morgan fingerprint density at radius 1 is 1.35 bits per heavy atom. The van der Waals surface area contributed by atoms with Crippen molar-refractivity contribution in [3.05, 3.63) is 34.9 Å². The molecule has 0 aliphatic heterocycles. The number of rotatable bonds is 3. The van der Waals surface area contributed by atoms with E-state index in [4.69, 9.17) is 0 Å². The number of anilines is 1. The molecule has 0 unspecified atom stereocenters. The van der Waals surface area contributed by atoms with Crippen LogP contribution in [0.5, 0.6) is 0 Å². The first-order valence-electron chi connectivity index (χ1n) is 5.53. The van der Waals surface area contributed by atoms with Crippen LogP contribution in [0.25, 0.3) is 10.1 Å². The molecule has 0 aliphatic rings. The lowest BCUT2D eigenvalue weighted by Gasteiger charge is -2.06. The topological polar surface area (TPSA) is 76.9 Å². The maximum absolute atomic E-state index is 12.3. The van der Waals surface area contributed by atoms with E-state index in [-0.39, 0.29) is 5.03 Å². The second-order valence-corrected chi connectivity index (χ2v) is 7.42. The summed E-state index contributed by atoms with van der Waals surface area (Å²) in [5.74, 6) is 0.326. The number of nitrogens with zero attached hydrogens (tertiary/aromatic N) is 3. The van der Waals surface area contributed by atoms with Gasteiger partial charge in [0.25, 0.3) is 10.0 Å². The van der Waals surface area contributed by atoms with Gasteiger partial charge in [-0.2, -0.15) is 17.9 Å². The zero-order valence-corrected chi connectivity index (χ0v) is 13.5. The van der Waals surface area contributed by atoms with Crippen LogP contribution in [0.3, 0.4) is 0 Å². The quantitative estimate of drug-likeness (QED) is 0.766. The fraction of sp³-hybridized carbons (Fsp3) is 0.0909. The van der Waals surface area contributed by atoms with Crippen molar-refractivity contribution in [2.75, 3.05) is 4.72 Å². The molecule has 9 heteroatoms. The Bertz CT molecular complexity index is 885. The van der Waals surface area contributed by atoms with Gasteiger partial charge in [-0.15, -0.1) is 0 Å². The van der Waals surface area contributed by atoms with Gasteiger partial charge in [-0.05, 0) is 35.8 Å². The molecule has 2 aromatic heterocycles. The smallest absolute Gasteiger partial charge is 0.261 e. The van der Waals surface area contributed by atoms with Crippen LogP contribution in [-0.4, -0.2) is 22.6 Å². The molecule has 0 saturated heterocycles. The Labute approximate surface area is 127 Å². The number of aryl methyl sites for hydroxylation is 1. The van der Waals surface area contributed by atoms with E-state index >= 15 is 0 Å². The molecule has 1 aromatic carbocycles. The number of aromatic nitrogens is 3. The number of nitrogens with one attached hydrogen (secondary N) is 1. The molecule has 0 bridgehead atoms. The second-order valence-electron chi connectivity index (χ2n) is 4.07. The van der Waals surface area contributed by atoms with Crippen molar-refractivity contribution in [1.82, 2.24) is 14.2 Å². The van der Waals surface area contributed by atoms with Crippen LogP contribution in [0.1, 0.15) is 0 Å². The highest BCUT2D eigenvalue weighted by Crippen LogP contribution is 2.30. The predicted octanol–water partition coefficient (Wildman–Crippen LogP) is 2.59. The van der Waals surface area contributed by atoms with Gasteiger partial charge < -0.3 is 0 Å². The summed E-state index contributed by atoms with van der Waals surface area (Å²) in [6.07, 6.45) is 1.43. The van der Waals surface area contributed by atoms with Crippen LogP contribution in [-0.2, 0) is 17.1 Å². The summed E-state index contributed by atoms with van der Waals surface area (Å²) in [7, 11) is -2.12. The summed E-state index contributed by atoms with van der Waals surface area (Å²) in [6, 6.07) is 7.05. The van der Waals surface area contributed by atoms with Crippen LogP contribution >= 0.6 is 27.5 Å². The van der Waals surface area contributed by atoms with Crippen LogP contribution in [0.4, 0.5) is 5.82 Å². The fourth-order valence-corrected chi connectivity index (χ4v) is 4.07. The summed E-state index contributed by atoms with van der Waals surface area (Å²) in [5, 5.41) is 4.71. The summed E-state index contributed by atoms with van der Waals surface area (Å²) in [5.41, 5.74) is 0. The standard InChI is InChI=1S/C11H9BrN4O2S2/c1-16-10(4-5-13-16)20(17,18)15-11-8-6-7(12)2-3-9(8)19-14-11/h2-6H,1H3,(H,14,15). The normalized spacial score (nSPS) is 11.9. The molecule has 0 aliphatic carbocycles. The molecule has 1 N–H and O–H groups in total. The third-order valence-corrected chi connectivity index (χ3v) is 5.45. The molecule has 3 aromatic rings. The monoisotopic (exact) mass is 372 g/mol. The lowest BCUT2D eigenvalue weighted by molar-refractivity contribution is 0.582. The highest BCUT2D eigenvalue weighted by molar-refractivity contribution is 9.10. The molecular formula is C11H9BrN4O2S2. The molecule has 0 atom stereocenters. The maximum atomic E-state index is 12.3. The second kappa shape index (κ2) is 4.83. The van der Waals surface area contributed by atoms with E-state index in [2.05, 4.69) is 30.1 Å². The van der Waals surface area contributed by atoms with Crippen LogP contribution in [0, 0.1) is 0 Å². The molecule has 0 saturated carbocycles. The highest BCUT2D eigenvalue weighted by atomic mass is 79.9. The van der Waals surface area contributed by atoms with Gasteiger partial charge in [-0.3, -0.25) is 9.40 Å². The van der Waals surface area contributed by atoms with Gasteiger partial charge in [-0.25, -0.2) is 0 Å². The number of hydrogen-bond acceptors (Lipinski definition) is 5. The molecule has 6 nitrogen and oxygen atoms in total. The van der Waals surface area contributed by atoms with E-state index in [1.54, 1.807) is 7.05 Å². The predicted molar refractivity (Wildman–Crippen MR) is 81.3 cm³/mol. The number of halogens is 1. The van der Waals surface area contributed by atoms with Crippen molar-refractivity contribution >= 4 is 53.4 Å². The van der Waals surface area contributed by atoms with E-state index < -0.39 is 10.0 Å². The first kappa shape index (κ1) is 13.5. The molecule has 0 fully saturated rings. The van der Waals surface area contributed by atoms with Crippen molar-refractivity contribution in [2.24, 2.45) is 7.05 Å². The third-order valence-electron chi connectivity index (χ3n) is 2.71. The average molecular weight is 373 g/mol. The molecule has 2 heterocycles. The van der Waals surface area contributed by atoms with Gasteiger partial charge in [0.15, 0.2) is 10.8 Å². The third kappa shape index (κ3) is 2.32. The van der Waals surface area contributed by atoms with Crippen molar-refractivity contribution < 1.29 is 8.42 Å². The minimum Gasteiger partial charge on any atom is -0.261 e. The molecule has 3 rings (SSSR count). The lowest BCUT2D eigenvalue weighted by atomic mass is 10.3. The maximum Gasteiger partial charge on any atom is 0.280 e. The van der Waals surface area contributed by atoms with Gasteiger partial charge in [0.2, 0.25) is 0 Å². The lowest BCUT2D eigenvalue weighted by Crippen LogP contribution is -2.16. The first-order valence-corrected chi connectivity index (χ1v) is 8.58. The van der Waals surface area contributed by atoms with Crippen molar-refractivity contribution in [2.45, 2.75) is 5.03 Å². The Hall–Kier alpha value is -1.45. The molecule has 104 valence electrons. The zero-order chi connectivity index (χ0) is 14.3. The van der Waals surface area contributed by atoms with Gasteiger partial charge in [0.05, 0.1) is 10.9 Å². The van der Waals surface area contributed by atoms with E-state index in [0.29, 0.717) is 5.82 Å². The van der Waals surface area contributed by atoms with E-state index in [0.717, 1.165) is 14.6 Å². The minimum absolute atomic E-state index is 0.0913. The SMILES string of the molecule is Cn1nccc1S(=O)(=O)Nc1nsc2ccc(Br)cc12.